The van der Waals surface area contributed by atoms with Crippen LogP contribution in [0.5, 0.6) is 5.75 Å². The molecule has 0 spiro atoms. The molecule has 2 amide bonds. The van der Waals surface area contributed by atoms with E-state index < -0.39 is 36.5 Å². The van der Waals surface area contributed by atoms with E-state index in [0.29, 0.717) is 70.3 Å². The Bertz CT molecular complexity index is 2730. The van der Waals surface area contributed by atoms with Crippen molar-refractivity contribution in [2.45, 2.75) is 70.4 Å². The predicted octanol–water partition coefficient (Wildman–Crippen LogP) is 7.32. The van der Waals surface area contributed by atoms with Gasteiger partial charge in [-0.1, -0.05) is 13.8 Å². The third-order valence-electron chi connectivity index (χ3n) is 13.7. The standard InChI is InChI=1S/C48H57BrF2N11O4P/c1-6-28-20-39(56-48-53-25-34(49)46(58-48)55-38-10-9-37-33(45(38)67(4,5)65)24-52-42(7-2)54-37)41(66-3)23-40(28)61-14-12-29(13-15-61)59-16-18-60(19-17-59)31-26-62(27-31)30-21-35(50)44(36(51)22-30)32-8-11-43(63)57-47(32)64/h9-10,20-25,29,31-32H,6-8,11-19,26-27H2,1-5H3,(H,57,63,64)(H2,53,55,56,58)/t32-/m1/s1. The van der Waals surface area contributed by atoms with Crippen LogP contribution in [-0.4, -0.2) is 126 Å². The van der Waals surface area contributed by atoms with Crippen LogP contribution in [0.4, 0.5) is 43.3 Å². The van der Waals surface area contributed by atoms with Crippen molar-refractivity contribution in [3.8, 4) is 5.75 Å². The molecule has 4 saturated heterocycles. The molecule has 15 nitrogen and oxygen atoms in total. The molecule has 4 aliphatic heterocycles. The maximum absolute atomic E-state index is 15.2. The van der Waals surface area contributed by atoms with Gasteiger partial charge in [-0.05, 0) is 90.8 Å². The topological polar surface area (TPSA) is 161 Å². The van der Waals surface area contributed by atoms with Crippen LogP contribution in [0.3, 0.4) is 0 Å². The molecule has 3 aromatic carbocycles. The second-order valence-corrected chi connectivity index (χ2v) is 22.2. The number of benzene rings is 3. The normalized spacial score (nSPS) is 19.1. The summed E-state index contributed by atoms with van der Waals surface area (Å²) in [6.45, 7) is 14.7. The van der Waals surface area contributed by atoms with E-state index in [-0.39, 0.29) is 18.4 Å². The van der Waals surface area contributed by atoms with E-state index >= 15 is 8.78 Å². The Morgan fingerprint density at radius 2 is 1.54 bits per heavy atom. The number of carbonyl (C=O) groups excluding carboxylic acids is 2. The van der Waals surface area contributed by atoms with Crippen molar-refractivity contribution in [1.82, 2.24) is 35.1 Å². The van der Waals surface area contributed by atoms with Gasteiger partial charge in [-0.3, -0.25) is 24.7 Å². The summed E-state index contributed by atoms with van der Waals surface area (Å²) in [5.41, 5.74) is 4.73. The number of aromatic nitrogens is 4. The van der Waals surface area contributed by atoms with Crippen LogP contribution in [-0.2, 0) is 27.0 Å². The Kier molecular flexibility index (Phi) is 13.5. The summed E-state index contributed by atoms with van der Waals surface area (Å²) in [6, 6.07) is 11.5. The molecule has 0 unspecified atom stereocenters. The lowest BCUT2D eigenvalue weighted by atomic mass is 9.89. The van der Waals surface area contributed by atoms with Crippen molar-refractivity contribution < 1.29 is 27.7 Å². The van der Waals surface area contributed by atoms with Gasteiger partial charge in [0, 0.05) is 123 Å². The molecule has 19 heteroatoms. The van der Waals surface area contributed by atoms with Gasteiger partial charge in [0.05, 0.1) is 34.4 Å². The van der Waals surface area contributed by atoms with Crippen molar-refractivity contribution in [3.63, 3.8) is 0 Å². The Hall–Kier alpha value is -5.29. The second kappa shape index (κ2) is 19.4. The third-order valence-corrected chi connectivity index (χ3v) is 15.9. The summed E-state index contributed by atoms with van der Waals surface area (Å²) in [5, 5.41) is 10.4. The first-order chi connectivity index (χ1) is 32.2. The number of piperazine rings is 1. The van der Waals surface area contributed by atoms with Crippen LogP contribution in [0.15, 0.2) is 53.3 Å². The zero-order chi connectivity index (χ0) is 47.1. The number of ether oxygens (including phenoxy) is 1. The third kappa shape index (κ3) is 9.72. The van der Waals surface area contributed by atoms with Crippen molar-refractivity contribution in [3.05, 3.63) is 81.9 Å². The fraction of sp³-hybridized carbons (Fsp3) is 0.458. The molecule has 6 heterocycles. The first-order valence-corrected chi connectivity index (χ1v) is 26.5. The number of aryl methyl sites for hydroxylation is 2. The Balaban J connectivity index is 0.799. The molecule has 0 aliphatic carbocycles. The highest BCUT2D eigenvalue weighted by molar-refractivity contribution is 9.10. The average Bonchev–Trinajstić information content (AvgIpc) is 3.29. The summed E-state index contributed by atoms with van der Waals surface area (Å²) in [4.78, 5) is 52.0. The largest absolute Gasteiger partial charge is 0.494 e. The van der Waals surface area contributed by atoms with Gasteiger partial charge in [-0.25, -0.2) is 23.7 Å². The lowest BCUT2D eigenvalue weighted by Crippen LogP contribution is -2.64. The molecule has 9 rings (SSSR count). The number of rotatable bonds is 13. The monoisotopic (exact) mass is 999 g/mol. The summed E-state index contributed by atoms with van der Waals surface area (Å²) in [7, 11) is -1.12. The van der Waals surface area contributed by atoms with Gasteiger partial charge in [-0.2, -0.15) is 4.98 Å². The Labute approximate surface area is 398 Å². The number of anilines is 6. The van der Waals surface area contributed by atoms with E-state index in [0.717, 1.165) is 86.6 Å². The molecule has 0 radical (unpaired) electrons. The number of hydrogen-bond donors (Lipinski definition) is 3. The van der Waals surface area contributed by atoms with Crippen LogP contribution in [0.25, 0.3) is 10.9 Å². The van der Waals surface area contributed by atoms with E-state index in [1.807, 2.05) is 24.0 Å². The van der Waals surface area contributed by atoms with Gasteiger partial charge in [0.1, 0.15) is 36.2 Å². The minimum absolute atomic E-state index is 0.0614. The summed E-state index contributed by atoms with van der Waals surface area (Å²) < 4.78 is 50.7. The Morgan fingerprint density at radius 1 is 0.836 bits per heavy atom. The number of nitrogens with one attached hydrogen (secondary N) is 3. The summed E-state index contributed by atoms with van der Waals surface area (Å²) >= 11 is 3.61. The molecule has 67 heavy (non-hydrogen) atoms. The maximum Gasteiger partial charge on any atom is 0.234 e. The molecule has 5 aromatic rings. The van der Waals surface area contributed by atoms with Crippen molar-refractivity contribution in [1.29, 1.82) is 0 Å². The van der Waals surface area contributed by atoms with E-state index in [1.54, 1.807) is 32.8 Å². The number of amides is 2. The molecular formula is C48H57BrF2N11O4P. The minimum Gasteiger partial charge on any atom is -0.494 e. The van der Waals surface area contributed by atoms with Crippen molar-refractivity contribution in [2.75, 3.05) is 93.2 Å². The van der Waals surface area contributed by atoms with Crippen LogP contribution in [0.1, 0.15) is 62.4 Å². The molecule has 4 aliphatic rings. The first kappa shape index (κ1) is 46.8. The fourth-order valence-electron chi connectivity index (χ4n) is 10.1. The molecule has 354 valence electrons. The molecule has 1 atom stereocenters. The van der Waals surface area contributed by atoms with Crippen molar-refractivity contribution in [2.24, 2.45) is 0 Å². The Morgan fingerprint density at radius 3 is 2.18 bits per heavy atom. The predicted molar refractivity (Wildman–Crippen MR) is 263 cm³/mol. The number of methoxy groups -OCH3 is 1. The summed E-state index contributed by atoms with van der Waals surface area (Å²) in [6.07, 6.45) is 7.23. The lowest BCUT2D eigenvalue weighted by Gasteiger charge is -2.50. The smallest absolute Gasteiger partial charge is 0.234 e. The van der Waals surface area contributed by atoms with Gasteiger partial charge in [0.25, 0.3) is 0 Å². The van der Waals surface area contributed by atoms with Crippen LogP contribution in [0, 0.1) is 11.6 Å². The highest BCUT2D eigenvalue weighted by atomic mass is 79.9. The molecule has 4 fully saturated rings. The zero-order valence-electron chi connectivity index (χ0n) is 38.5. The maximum atomic E-state index is 15.2. The van der Waals surface area contributed by atoms with Gasteiger partial charge in [0.15, 0.2) is 0 Å². The van der Waals surface area contributed by atoms with E-state index in [9.17, 15) is 14.2 Å². The molecular weight excluding hydrogens is 943 g/mol. The molecule has 3 N–H and O–H groups in total. The number of halogens is 3. The van der Waals surface area contributed by atoms with Crippen LogP contribution < -0.4 is 35.8 Å². The number of imide groups is 1. The SMILES string of the molecule is CCc1ncc2c(P(C)(C)=O)c(Nc3nc(Nc4cc(CC)c(N5CCC(N6CCN(C7CN(c8cc(F)c([C@H]9CCC(=O)NC9=O)c(F)c8)C7)CC6)CC5)cc4OC)ncc3Br)ccc2n1. The lowest BCUT2D eigenvalue weighted by molar-refractivity contribution is -0.134. The van der Waals surface area contributed by atoms with Gasteiger partial charge < -0.3 is 29.7 Å². The van der Waals surface area contributed by atoms with Crippen LogP contribution >= 0.6 is 23.1 Å². The summed E-state index contributed by atoms with van der Waals surface area (Å²) in [5.74, 6) is -1.27. The van der Waals surface area contributed by atoms with Gasteiger partial charge in [0.2, 0.25) is 17.8 Å². The number of carbonyl (C=O) groups is 2. The highest BCUT2D eigenvalue weighted by Crippen LogP contribution is 2.43. The van der Waals surface area contributed by atoms with E-state index in [1.165, 1.54) is 17.7 Å². The first-order valence-electron chi connectivity index (χ1n) is 23.1. The number of hydrogen-bond acceptors (Lipinski definition) is 14. The average molecular weight is 1000 g/mol. The van der Waals surface area contributed by atoms with E-state index in [4.69, 9.17) is 9.72 Å². The van der Waals surface area contributed by atoms with Gasteiger partial charge >= 0.3 is 0 Å². The molecule has 0 saturated carbocycles. The van der Waals surface area contributed by atoms with Crippen LogP contribution in [0.2, 0.25) is 0 Å². The number of piperidine rings is 2. The van der Waals surface area contributed by atoms with E-state index in [2.05, 4.69) is 80.6 Å². The quantitative estimate of drug-likeness (QED) is 0.0795. The fourth-order valence-corrected chi connectivity index (χ4v) is 11.8. The highest BCUT2D eigenvalue weighted by Gasteiger charge is 2.38. The molecule has 0 bridgehead atoms. The zero-order valence-corrected chi connectivity index (χ0v) is 41.0. The molecule has 2 aromatic heterocycles. The number of fused-ring (bicyclic) bond motifs is 1. The minimum atomic E-state index is -2.79. The number of nitrogens with zero attached hydrogens (tertiary/aromatic N) is 8. The second-order valence-electron chi connectivity index (χ2n) is 18.2. The van der Waals surface area contributed by atoms with Crippen molar-refractivity contribution >= 4 is 85.6 Å². The van der Waals surface area contributed by atoms with Gasteiger partial charge in [-0.15, -0.1) is 0 Å².